The van der Waals surface area contributed by atoms with Crippen molar-refractivity contribution in [2.45, 2.75) is 26.3 Å². The maximum atomic E-state index is 4.41. The maximum Gasteiger partial charge on any atom is 0.167 e. The van der Waals surface area contributed by atoms with Gasteiger partial charge in [0.2, 0.25) is 0 Å². The van der Waals surface area contributed by atoms with Gasteiger partial charge < -0.3 is 5.32 Å². The Labute approximate surface area is 103 Å². The monoisotopic (exact) mass is 254 g/mol. The van der Waals surface area contributed by atoms with Crippen LogP contribution in [0.3, 0.4) is 0 Å². The number of thiazole rings is 1. The lowest BCUT2D eigenvalue weighted by molar-refractivity contribution is 0.568. The molecule has 2 rings (SSSR count). The first-order chi connectivity index (χ1) is 7.74. The summed E-state index contributed by atoms with van der Waals surface area (Å²) in [5, 5.41) is 16.7. The predicted octanol–water partition coefficient (Wildman–Crippen LogP) is 2.64. The summed E-state index contributed by atoms with van der Waals surface area (Å²) in [5.74, 6) is 0. The minimum absolute atomic E-state index is 0.297. The van der Waals surface area contributed by atoms with Gasteiger partial charge >= 0.3 is 0 Å². The van der Waals surface area contributed by atoms with Crippen molar-refractivity contribution in [3.8, 4) is 10.7 Å². The fraction of sp³-hybridized carbons (Fsp3) is 0.500. The van der Waals surface area contributed by atoms with Crippen LogP contribution in [0, 0.1) is 6.92 Å². The maximum absolute atomic E-state index is 4.41. The molecular formula is C10H14N4S2. The van der Waals surface area contributed by atoms with E-state index < -0.39 is 0 Å². The van der Waals surface area contributed by atoms with E-state index in [1.807, 2.05) is 19.4 Å². The van der Waals surface area contributed by atoms with Crippen molar-refractivity contribution in [3.05, 3.63) is 15.4 Å². The van der Waals surface area contributed by atoms with E-state index in [9.17, 15) is 0 Å². The molecule has 1 N–H and O–H groups in total. The van der Waals surface area contributed by atoms with E-state index >= 15 is 0 Å². The second-order valence-electron chi connectivity index (χ2n) is 3.45. The van der Waals surface area contributed by atoms with Crippen LogP contribution in [0.25, 0.3) is 10.7 Å². The van der Waals surface area contributed by atoms with E-state index in [1.54, 1.807) is 22.7 Å². The Balaban J connectivity index is 2.25. The van der Waals surface area contributed by atoms with Crippen molar-refractivity contribution < 1.29 is 0 Å². The Bertz CT molecular complexity index is 459. The third-order valence-corrected chi connectivity index (χ3v) is 4.17. The van der Waals surface area contributed by atoms with E-state index in [1.165, 1.54) is 0 Å². The largest absolute Gasteiger partial charge is 0.311 e. The molecule has 2 aromatic heterocycles. The molecular weight excluding hydrogens is 240 g/mol. The van der Waals surface area contributed by atoms with Crippen LogP contribution in [0.15, 0.2) is 5.38 Å². The lowest BCUT2D eigenvalue weighted by Crippen LogP contribution is -2.14. The fourth-order valence-corrected chi connectivity index (χ4v) is 3.11. The summed E-state index contributed by atoms with van der Waals surface area (Å²) in [4.78, 5) is 4.41. The van der Waals surface area contributed by atoms with Gasteiger partial charge in [-0.1, -0.05) is 18.3 Å². The van der Waals surface area contributed by atoms with Gasteiger partial charge in [0.05, 0.1) is 11.0 Å². The molecule has 0 amide bonds. The average molecular weight is 254 g/mol. The van der Waals surface area contributed by atoms with Gasteiger partial charge in [0.1, 0.15) is 10.7 Å². The molecule has 2 heterocycles. The number of hydrogen-bond acceptors (Lipinski definition) is 6. The quantitative estimate of drug-likeness (QED) is 0.911. The molecule has 0 aliphatic heterocycles. The molecule has 0 radical (unpaired) electrons. The smallest absolute Gasteiger partial charge is 0.167 e. The summed E-state index contributed by atoms with van der Waals surface area (Å²) in [6.07, 6.45) is 1.02. The van der Waals surface area contributed by atoms with E-state index in [0.29, 0.717) is 6.04 Å². The highest BCUT2D eigenvalue weighted by Crippen LogP contribution is 2.28. The van der Waals surface area contributed by atoms with Crippen LogP contribution in [0.4, 0.5) is 0 Å². The molecule has 6 heteroatoms. The van der Waals surface area contributed by atoms with Crippen molar-refractivity contribution in [3.63, 3.8) is 0 Å². The summed E-state index contributed by atoms with van der Waals surface area (Å²) < 4.78 is 0. The summed E-state index contributed by atoms with van der Waals surface area (Å²) in [5.41, 5.74) is 0.942. The van der Waals surface area contributed by atoms with Crippen molar-refractivity contribution in [2.75, 3.05) is 7.05 Å². The first-order valence-corrected chi connectivity index (χ1v) is 6.87. The van der Waals surface area contributed by atoms with Crippen LogP contribution < -0.4 is 5.32 Å². The zero-order valence-electron chi connectivity index (χ0n) is 9.52. The van der Waals surface area contributed by atoms with Crippen LogP contribution in [-0.2, 0) is 0 Å². The summed E-state index contributed by atoms with van der Waals surface area (Å²) in [6.45, 7) is 4.13. The standard InChI is InChI=1S/C10H14N4S2/c1-4-7(11-3)9-13-14-10(16-9)8-5-15-6(2)12-8/h5,7,11H,4H2,1-3H3. The molecule has 0 saturated carbocycles. The Morgan fingerprint density at radius 3 is 2.81 bits per heavy atom. The van der Waals surface area contributed by atoms with E-state index in [2.05, 4.69) is 27.4 Å². The number of nitrogens with one attached hydrogen (secondary N) is 1. The van der Waals surface area contributed by atoms with Gasteiger partial charge in [-0.3, -0.25) is 0 Å². The van der Waals surface area contributed by atoms with Crippen molar-refractivity contribution >= 4 is 22.7 Å². The highest BCUT2D eigenvalue weighted by atomic mass is 32.1. The molecule has 16 heavy (non-hydrogen) atoms. The molecule has 0 fully saturated rings. The number of aromatic nitrogens is 3. The Morgan fingerprint density at radius 1 is 1.44 bits per heavy atom. The summed E-state index contributed by atoms with van der Waals surface area (Å²) in [6, 6.07) is 0.297. The van der Waals surface area contributed by atoms with Gasteiger partial charge in [0.15, 0.2) is 5.01 Å². The molecule has 2 aromatic rings. The van der Waals surface area contributed by atoms with Crippen LogP contribution in [0.2, 0.25) is 0 Å². The third kappa shape index (κ3) is 2.28. The van der Waals surface area contributed by atoms with Gasteiger partial charge in [-0.05, 0) is 20.4 Å². The highest BCUT2D eigenvalue weighted by molar-refractivity contribution is 7.15. The molecule has 0 bridgehead atoms. The predicted molar refractivity (Wildman–Crippen MR) is 67.8 cm³/mol. The first-order valence-electron chi connectivity index (χ1n) is 5.17. The lowest BCUT2D eigenvalue weighted by Gasteiger charge is -2.07. The minimum atomic E-state index is 0.297. The second-order valence-corrected chi connectivity index (χ2v) is 5.52. The van der Waals surface area contributed by atoms with E-state index in [0.717, 1.165) is 27.1 Å². The van der Waals surface area contributed by atoms with Crippen molar-refractivity contribution in [2.24, 2.45) is 0 Å². The van der Waals surface area contributed by atoms with Crippen LogP contribution in [0.1, 0.15) is 29.4 Å². The number of nitrogens with zero attached hydrogens (tertiary/aromatic N) is 3. The van der Waals surface area contributed by atoms with Gasteiger partial charge in [-0.25, -0.2) is 4.98 Å². The van der Waals surface area contributed by atoms with Gasteiger partial charge in [0, 0.05) is 5.38 Å². The fourth-order valence-electron chi connectivity index (χ4n) is 1.44. The molecule has 0 spiro atoms. The Kier molecular flexibility index (Phi) is 3.63. The molecule has 0 aliphatic rings. The van der Waals surface area contributed by atoms with Crippen LogP contribution in [0.5, 0.6) is 0 Å². The number of rotatable bonds is 4. The topological polar surface area (TPSA) is 50.7 Å². The number of hydrogen-bond donors (Lipinski definition) is 1. The SMILES string of the molecule is CCC(NC)c1nnc(-c2csc(C)n2)s1. The second kappa shape index (κ2) is 4.99. The van der Waals surface area contributed by atoms with Crippen LogP contribution in [-0.4, -0.2) is 22.2 Å². The van der Waals surface area contributed by atoms with Crippen LogP contribution >= 0.6 is 22.7 Å². The lowest BCUT2D eigenvalue weighted by atomic mass is 10.2. The third-order valence-electron chi connectivity index (χ3n) is 2.33. The minimum Gasteiger partial charge on any atom is -0.311 e. The molecule has 1 unspecified atom stereocenters. The van der Waals surface area contributed by atoms with Gasteiger partial charge in [0.25, 0.3) is 0 Å². The summed E-state index contributed by atoms with van der Waals surface area (Å²) >= 11 is 3.26. The molecule has 4 nitrogen and oxygen atoms in total. The van der Waals surface area contributed by atoms with E-state index in [-0.39, 0.29) is 0 Å². The molecule has 86 valence electrons. The van der Waals surface area contributed by atoms with Crippen molar-refractivity contribution in [1.82, 2.24) is 20.5 Å². The molecule has 1 atom stereocenters. The Morgan fingerprint density at radius 2 is 2.25 bits per heavy atom. The number of aryl methyl sites for hydroxylation is 1. The first kappa shape index (κ1) is 11.6. The molecule has 0 aliphatic carbocycles. The highest BCUT2D eigenvalue weighted by Gasteiger charge is 2.15. The normalized spacial score (nSPS) is 12.9. The zero-order chi connectivity index (χ0) is 11.5. The molecule has 0 aromatic carbocycles. The Hall–Kier alpha value is -0.850. The molecule has 0 saturated heterocycles. The summed E-state index contributed by atoms with van der Waals surface area (Å²) in [7, 11) is 1.95. The zero-order valence-corrected chi connectivity index (χ0v) is 11.2. The van der Waals surface area contributed by atoms with Gasteiger partial charge in [-0.15, -0.1) is 21.5 Å². The average Bonchev–Trinajstić information content (AvgIpc) is 2.89. The van der Waals surface area contributed by atoms with E-state index in [4.69, 9.17) is 0 Å². The van der Waals surface area contributed by atoms with Crippen molar-refractivity contribution in [1.29, 1.82) is 0 Å². The van der Waals surface area contributed by atoms with Gasteiger partial charge in [-0.2, -0.15) is 0 Å².